The van der Waals surface area contributed by atoms with Crippen LogP contribution in [0, 0.1) is 5.82 Å². The van der Waals surface area contributed by atoms with Crippen molar-refractivity contribution in [3.8, 4) is 16.5 Å². The number of aromatic hydroxyl groups is 1. The van der Waals surface area contributed by atoms with Gasteiger partial charge in [0, 0.05) is 10.0 Å². The highest BCUT2D eigenvalue weighted by atomic mass is 79.9. The van der Waals surface area contributed by atoms with Gasteiger partial charge in [0.15, 0.2) is 0 Å². The summed E-state index contributed by atoms with van der Waals surface area (Å²) in [5, 5.41) is 11.0. The van der Waals surface area contributed by atoms with Gasteiger partial charge in [-0.3, -0.25) is 0 Å². The van der Waals surface area contributed by atoms with Crippen molar-refractivity contribution in [2.75, 3.05) is 0 Å². The second-order valence-electron chi connectivity index (χ2n) is 2.64. The molecule has 14 heavy (non-hydrogen) atoms. The number of rotatable bonds is 1. The largest absolute Gasteiger partial charge is 0.493 e. The van der Waals surface area contributed by atoms with Gasteiger partial charge in [-0.25, -0.2) is 9.37 Å². The van der Waals surface area contributed by atoms with Crippen LogP contribution in [0.3, 0.4) is 0 Å². The molecule has 1 aromatic heterocycles. The van der Waals surface area contributed by atoms with E-state index in [0.717, 1.165) is 0 Å². The molecule has 0 amide bonds. The van der Waals surface area contributed by atoms with E-state index in [9.17, 15) is 4.39 Å². The predicted molar refractivity (Wildman–Crippen MR) is 56.9 cm³/mol. The van der Waals surface area contributed by atoms with Crippen molar-refractivity contribution in [3.05, 3.63) is 33.9 Å². The zero-order valence-corrected chi connectivity index (χ0v) is 9.27. The van der Waals surface area contributed by atoms with Gasteiger partial charge in [-0.1, -0.05) is 15.9 Å². The van der Waals surface area contributed by atoms with E-state index < -0.39 is 0 Å². The van der Waals surface area contributed by atoms with Gasteiger partial charge in [-0.15, -0.1) is 11.3 Å². The molecule has 2 rings (SSSR count). The highest BCUT2D eigenvalue weighted by molar-refractivity contribution is 9.10. The second-order valence-corrected chi connectivity index (χ2v) is 4.41. The Kier molecular flexibility index (Phi) is 2.52. The lowest BCUT2D eigenvalue weighted by atomic mass is 10.2. The van der Waals surface area contributed by atoms with Gasteiger partial charge in [-0.05, 0) is 18.2 Å². The molecular formula is C9H5BrFNOS. The minimum absolute atomic E-state index is 0.0766. The Morgan fingerprint density at radius 2 is 2.21 bits per heavy atom. The Hall–Kier alpha value is -0.940. The Labute approximate surface area is 92.2 Å². The van der Waals surface area contributed by atoms with Crippen molar-refractivity contribution in [1.82, 2.24) is 4.98 Å². The summed E-state index contributed by atoms with van der Waals surface area (Å²) >= 11 is 4.37. The van der Waals surface area contributed by atoms with Crippen molar-refractivity contribution < 1.29 is 9.50 Å². The fourth-order valence-corrected chi connectivity index (χ4v) is 2.09. The maximum Gasteiger partial charge on any atom is 0.222 e. The van der Waals surface area contributed by atoms with E-state index in [2.05, 4.69) is 20.9 Å². The van der Waals surface area contributed by atoms with Crippen LogP contribution in [-0.2, 0) is 0 Å². The van der Waals surface area contributed by atoms with Gasteiger partial charge in [0.05, 0.1) is 5.38 Å². The standard InChI is InChI=1S/C9H5BrFNOS/c10-5-1-2-6(7(11)3-5)9-12-8(13)4-14-9/h1-4,13H. The SMILES string of the molecule is Oc1csc(-c2ccc(Br)cc2F)n1. The summed E-state index contributed by atoms with van der Waals surface area (Å²) in [6.45, 7) is 0. The monoisotopic (exact) mass is 273 g/mol. The van der Waals surface area contributed by atoms with Crippen LogP contribution in [0.2, 0.25) is 0 Å². The first-order valence-electron chi connectivity index (χ1n) is 3.77. The first-order valence-corrected chi connectivity index (χ1v) is 5.44. The first-order chi connectivity index (χ1) is 6.66. The third-order valence-corrected chi connectivity index (χ3v) is 3.01. The summed E-state index contributed by atoms with van der Waals surface area (Å²) in [4.78, 5) is 3.79. The summed E-state index contributed by atoms with van der Waals surface area (Å²) in [5.41, 5.74) is 0.401. The van der Waals surface area contributed by atoms with Crippen LogP contribution in [0.4, 0.5) is 4.39 Å². The fourth-order valence-electron chi connectivity index (χ4n) is 1.05. The zero-order valence-electron chi connectivity index (χ0n) is 6.87. The Balaban J connectivity index is 2.52. The van der Waals surface area contributed by atoms with Crippen LogP contribution in [0.1, 0.15) is 0 Å². The molecule has 0 radical (unpaired) electrons. The second kappa shape index (κ2) is 3.67. The normalized spacial score (nSPS) is 10.4. The molecule has 2 nitrogen and oxygen atoms in total. The van der Waals surface area contributed by atoms with Gasteiger partial charge in [0.2, 0.25) is 5.88 Å². The van der Waals surface area contributed by atoms with E-state index in [1.165, 1.54) is 22.8 Å². The van der Waals surface area contributed by atoms with Crippen LogP contribution in [-0.4, -0.2) is 10.1 Å². The van der Waals surface area contributed by atoms with E-state index in [1.54, 1.807) is 12.1 Å². The van der Waals surface area contributed by atoms with Gasteiger partial charge in [-0.2, -0.15) is 0 Å². The van der Waals surface area contributed by atoms with Crippen molar-refractivity contribution in [2.24, 2.45) is 0 Å². The molecule has 0 saturated carbocycles. The van der Waals surface area contributed by atoms with Crippen LogP contribution in [0.5, 0.6) is 5.88 Å². The van der Waals surface area contributed by atoms with E-state index in [-0.39, 0.29) is 11.7 Å². The molecule has 0 aliphatic rings. The molecule has 0 aliphatic carbocycles. The predicted octanol–water partition coefficient (Wildman–Crippen LogP) is 3.42. The first kappa shape index (κ1) is 9.61. The molecular weight excluding hydrogens is 269 g/mol. The van der Waals surface area contributed by atoms with Crippen molar-refractivity contribution in [3.63, 3.8) is 0 Å². The summed E-state index contributed by atoms with van der Waals surface area (Å²) < 4.78 is 14.1. The lowest BCUT2D eigenvalue weighted by molar-refractivity contribution is 0.458. The molecule has 0 bridgehead atoms. The number of hydrogen-bond acceptors (Lipinski definition) is 3. The molecule has 1 N–H and O–H groups in total. The number of hydrogen-bond donors (Lipinski definition) is 1. The Bertz CT molecular complexity index is 472. The summed E-state index contributed by atoms with van der Waals surface area (Å²) in [6.07, 6.45) is 0. The zero-order chi connectivity index (χ0) is 10.1. The van der Waals surface area contributed by atoms with Crippen LogP contribution in [0.15, 0.2) is 28.1 Å². The molecule has 0 fully saturated rings. The average Bonchev–Trinajstić information content (AvgIpc) is 2.51. The molecule has 1 aromatic carbocycles. The highest BCUT2D eigenvalue weighted by Crippen LogP contribution is 2.29. The van der Waals surface area contributed by atoms with E-state index in [0.29, 0.717) is 15.0 Å². The van der Waals surface area contributed by atoms with Gasteiger partial charge in [0.1, 0.15) is 10.8 Å². The minimum atomic E-state index is -0.353. The fraction of sp³-hybridized carbons (Fsp3) is 0. The number of nitrogens with zero attached hydrogens (tertiary/aromatic N) is 1. The van der Waals surface area contributed by atoms with Crippen molar-refractivity contribution >= 4 is 27.3 Å². The molecule has 0 unspecified atom stereocenters. The third-order valence-electron chi connectivity index (χ3n) is 1.65. The van der Waals surface area contributed by atoms with E-state index >= 15 is 0 Å². The van der Waals surface area contributed by atoms with Crippen LogP contribution in [0.25, 0.3) is 10.6 Å². The lowest BCUT2D eigenvalue weighted by Gasteiger charge is -1.98. The number of aromatic nitrogens is 1. The molecule has 0 aliphatic heterocycles. The summed E-state index contributed by atoms with van der Waals surface area (Å²) in [5.74, 6) is -0.430. The molecule has 5 heteroatoms. The highest BCUT2D eigenvalue weighted by Gasteiger charge is 2.09. The lowest BCUT2D eigenvalue weighted by Crippen LogP contribution is -1.82. The Morgan fingerprint density at radius 1 is 1.43 bits per heavy atom. The average molecular weight is 274 g/mol. The van der Waals surface area contributed by atoms with Gasteiger partial charge in [0.25, 0.3) is 0 Å². The van der Waals surface area contributed by atoms with Crippen molar-refractivity contribution in [1.29, 1.82) is 0 Å². The van der Waals surface area contributed by atoms with Crippen LogP contribution >= 0.6 is 27.3 Å². The topological polar surface area (TPSA) is 33.1 Å². The maximum absolute atomic E-state index is 13.4. The molecule has 0 saturated heterocycles. The minimum Gasteiger partial charge on any atom is -0.493 e. The van der Waals surface area contributed by atoms with Gasteiger partial charge < -0.3 is 5.11 Å². The van der Waals surface area contributed by atoms with Crippen molar-refractivity contribution in [2.45, 2.75) is 0 Å². The van der Waals surface area contributed by atoms with E-state index in [4.69, 9.17) is 5.11 Å². The van der Waals surface area contributed by atoms with E-state index in [1.807, 2.05) is 0 Å². The Morgan fingerprint density at radius 3 is 2.79 bits per heavy atom. The quantitative estimate of drug-likeness (QED) is 0.864. The van der Waals surface area contributed by atoms with Gasteiger partial charge >= 0.3 is 0 Å². The molecule has 0 atom stereocenters. The smallest absolute Gasteiger partial charge is 0.222 e. The molecule has 2 aromatic rings. The summed E-state index contributed by atoms with van der Waals surface area (Å²) in [6, 6.07) is 4.72. The number of thiazole rings is 1. The number of halogens is 2. The molecule has 72 valence electrons. The third kappa shape index (κ3) is 1.78. The molecule has 1 heterocycles. The maximum atomic E-state index is 13.4. The molecule has 0 spiro atoms. The summed E-state index contributed by atoms with van der Waals surface area (Å²) in [7, 11) is 0. The van der Waals surface area contributed by atoms with Crippen LogP contribution < -0.4 is 0 Å². The number of benzene rings is 1.